The molecule has 0 amide bonds. The molecule has 0 saturated carbocycles. The standard InChI is InChI=1S/C29H22ClNO4/c1-34-24-13-12-18(16-25(24)35-2)28(32)22-15-19(26(30)29(33)17-8-4-3-5-9-17)14-21-20-10-6-7-11-23(20)31-27(21)22/h3-16,26,31H,1-2H3. The third-order valence-electron chi connectivity index (χ3n) is 6.11. The second-order valence-corrected chi connectivity index (χ2v) is 8.59. The predicted octanol–water partition coefficient (Wildman–Crippen LogP) is 6.73. The fourth-order valence-corrected chi connectivity index (χ4v) is 4.58. The number of carbonyl (C=O) groups excluding carboxylic acids is 2. The van der Waals surface area contributed by atoms with Gasteiger partial charge in [-0.05, 0) is 42.0 Å². The molecule has 0 fully saturated rings. The number of alkyl halides is 1. The van der Waals surface area contributed by atoms with E-state index in [1.54, 1.807) is 55.6 Å². The van der Waals surface area contributed by atoms with Crippen LogP contribution in [0, 0.1) is 0 Å². The molecule has 1 aromatic heterocycles. The molecule has 1 N–H and O–H groups in total. The summed E-state index contributed by atoms with van der Waals surface area (Å²) in [5.74, 6) is 0.538. The van der Waals surface area contributed by atoms with E-state index < -0.39 is 5.38 Å². The van der Waals surface area contributed by atoms with Crippen molar-refractivity contribution in [1.29, 1.82) is 0 Å². The fraction of sp³-hybridized carbons (Fsp3) is 0.103. The third-order valence-corrected chi connectivity index (χ3v) is 6.56. The number of halogens is 1. The number of nitrogens with one attached hydrogen (secondary N) is 1. The maximum Gasteiger partial charge on any atom is 0.195 e. The van der Waals surface area contributed by atoms with Crippen molar-refractivity contribution < 1.29 is 19.1 Å². The van der Waals surface area contributed by atoms with E-state index in [2.05, 4.69) is 4.98 Å². The second-order valence-electron chi connectivity index (χ2n) is 8.15. The molecule has 5 nitrogen and oxygen atoms in total. The lowest BCUT2D eigenvalue weighted by Gasteiger charge is -2.13. The Balaban J connectivity index is 1.69. The van der Waals surface area contributed by atoms with Gasteiger partial charge in [-0.15, -0.1) is 11.6 Å². The number of rotatable bonds is 7. The van der Waals surface area contributed by atoms with Crippen LogP contribution < -0.4 is 9.47 Å². The summed E-state index contributed by atoms with van der Waals surface area (Å²) in [6, 6.07) is 25.3. The van der Waals surface area contributed by atoms with Crippen molar-refractivity contribution in [2.45, 2.75) is 5.38 Å². The number of Topliss-reactive ketones (excluding diaryl/α,β-unsaturated/α-hetero) is 1. The van der Waals surface area contributed by atoms with Gasteiger partial charge >= 0.3 is 0 Å². The van der Waals surface area contributed by atoms with Gasteiger partial charge in [0.2, 0.25) is 0 Å². The number of aromatic nitrogens is 1. The molecule has 0 aliphatic heterocycles. The minimum Gasteiger partial charge on any atom is -0.493 e. The molecule has 0 aliphatic rings. The molecule has 5 rings (SSSR count). The first-order valence-electron chi connectivity index (χ1n) is 11.1. The zero-order valence-corrected chi connectivity index (χ0v) is 19.9. The van der Waals surface area contributed by atoms with Gasteiger partial charge in [0, 0.05) is 33.0 Å². The second kappa shape index (κ2) is 9.28. The van der Waals surface area contributed by atoms with E-state index >= 15 is 0 Å². The van der Waals surface area contributed by atoms with Crippen LogP contribution in [0.3, 0.4) is 0 Å². The summed E-state index contributed by atoms with van der Waals surface area (Å²) in [6.45, 7) is 0. The zero-order valence-electron chi connectivity index (χ0n) is 19.2. The van der Waals surface area contributed by atoms with Crippen LogP contribution in [0.4, 0.5) is 0 Å². The van der Waals surface area contributed by atoms with Crippen molar-refractivity contribution in [1.82, 2.24) is 4.98 Å². The van der Waals surface area contributed by atoms with Crippen LogP contribution >= 0.6 is 11.6 Å². The van der Waals surface area contributed by atoms with Gasteiger partial charge in [-0.1, -0.05) is 48.5 Å². The lowest BCUT2D eigenvalue weighted by molar-refractivity contribution is 0.0984. The van der Waals surface area contributed by atoms with Crippen molar-refractivity contribution in [3.63, 3.8) is 0 Å². The first kappa shape index (κ1) is 22.7. The topological polar surface area (TPSA) is 68.4 Å². The number of ketones is 2. The maximum atomic E-state index is 13.8. The van der Waals surface area contributed by atoms with Crippen LogP contribution in [0.15, 0.2) is 84.9 Å². The molecule has 0 spiro atoms. The molecule has 6 heteroatoms. The van der Waals surface area contributed by atoms with Crippen molar-refractivity contribution in [3.8, 4) is 11.5 Å². The molecule has 4 aromatic carbocycles. The number of benzene rings is 4. The molecule has 0 radical (unpaired) electrons. The highest BCUT2D eigenvalue weighted by Crippen LogP contribution is 2.36. The average Bonchev–Trinajstić information content (AvgIpc) is 3.30. The monoisotopic (exact) mass is 483 g/mol. The van der Waals surface area contributed by atoms with Crippen LogP contribution in [0.2, 0.25) is 0 Å². The van der Waals surface area contributed by atoms with Crippen LogP contribution in [0.25, 0.3) is 21.8 Å². The van der Waals surface area contributed by atoms with Gasteiger partial charge < -0.3 is 14.5 Å². The van der Waals surface area contributed by atoms with Gasteiger partial charge in [0.05, 0.1) is 19.7 Å². The van der Waals surface area contributed by atoms with Crippen LogP contribution in [0.1, 0.15) is 37.2 Å². The number of hydrogen-bond acceptors (Lipinski definition) is 4. The highest BCUT2D eigenvalue weighted by Gasteiger charge is 2.24. The van der Waals surface area contributed by atoms with Gasteiger partial charge in [-0.2, -0.15) is 0 Å². The molecule has 174 valence electrons. The normalized spacial score (nSPS) is 12.0. The SMILES string of the molecule is COc1ccc(C(=O)c2cc(C(Cl)C(=O)c3ccccc3)cc3c2[nH]c2ccccc23)cc1OC. The average molecular weight is 484 g/mol. The van der Waals surface area contributed by atoms with E-state index in [9.17, 15) is 9.59 Å². The quantitative estimate of drug-likeness (QED) is 0.206. The summed E-state index contributed by atoms with van der Waals surface area (Å²) < 4.78 is 10.7. The lowest BCUT2D eigenvalue weighted by atomic mass is 9.94. The molecule has 35 heavy (non-hydrogen) atoms. The van der Waals surface area contributed by atoms with Gasteiger partial charge in [0.15, 0.2) is 23.1 Å². The molecular formula is C29H22ClNO4. The zero-order chi connectivity index (χ0) is 24.5. The summed E-state index contributed by atoms with van der Waals surface area (Å²) in [6.07, 6.45) is 0. The summed E-state index contributed by atoms with van der Waals surface area (Å²) in [5.41, 5.74) is 3.50. The Morgan fingerprint density at radius 3 is 2.23 bits per heavy atom. The maximum absolute atomic E-state index is 13.8. The van der Waals surface area contributed by atoms with E-state index in [4.69, 9.17) is 21.1 Å². The smallest absolute Gasteiger partial charge is 0.195 e. The number of hydrogen-bond donors (Lipinski definition) is 1. The van der Waals surface area contributed by atoms with Crippen molar-refractivity contribution >= 4 is 45.0 Å². The van der Waals surface area contributed by atoms with Crippen LogP contribution in [-0.4, -0.2) is 30.8 Å². The first-order chi connectivity index (χ1) is 17.0. The molecule has 0 aliphatic carbocycles. The lowest BCUT2D eigenvalue weighted by Crippen LogP contribution is -2.10. The molecule has 0 saturated heterocycles. The van der Waals surface area contributed by atoms with Crippen LogP contribution in [0.5, 0.6) is 11.5 Å². The third kappa shape index (κ3) is 4.04. The van der Waals surface area contributed by atoms with Gasteiger partial charge in [-0.25, -0.2) is 0 Å². The van der Waals surface area contributed by atoms with Crippen molar-refractivity contribution in [2.24, 2.45) is 0 Å². The van der Waals surface area contributed by atoms with E-state index in [1.807, 2.05) is 36.4 Å². The van der Waals surface area contributed by atoms with E-state index in [-0.39, 0.29) is 11.6 Å². The molecule has 5 aromatic rings. The van der Waals surface area contributed by atoms with Gasteiger partial charge in [0.1, 0.15) is 5.38 Å². The number of aromatic amines is 1. The van der Waals surface area contributed by atoms with Crippen molar-refractivity contribution in [3.05, 3.63) is 107 Å². The van der Waals surface area contributed by atoms with E-state index in [0.717, 1.165) is 16.3 Å². The first-order valence-corrected chi connectivity index (χ1v) is 11.5. The Hall–Kier alpha value is -4.09. The highest BCUT2D eigenvalue weighted by atomic mass is 35.5. The summed E-state index contributed by atoms with van der Waals surface area (Å²) in [4.78, 5) is 30.3. The van der Waals surface area contributed by atoms with E-state index in [1.165, 1.54) is 7.11 Å². The van der Waals surface area contributed by atoms with Gasteiger partial charge in [0.25, 0.3) is 0 Å². The largest absolute Gasteiger partial charge is 0.493 e. The summed E-state index contributed by atoms with van der Waals surface area (Å²) in [7, 11) is 3.07. The Labute approximate surface area is 207 Å². The Bertz CT molecular complexity index is 1570. The van der Waals surface area contributed by atoms with Crippen LogP contribution in [-0.2, 0) is 0 Å². The number of fused-ring (bicyclic) bond motifs is 3. The number of ether oxygens (including phenoxy) is 2. The molecule has 0 bridgehead atoms. The number of methoxy groups -OCH3 is 2. The predicted molar refractivity (Wildman–Crippen MR) is 138 cm³/mol. The number of para-hydroxylation sites is 1. The summed E-state index contributed by atoms with van der Waals surface area (Å²) >= 11 is 6.71. The number of H-pyrrole nitrogens is 1. The highest BCUT2D eigenvalue weighted by molar-refractivity contribution is 6.34. The Kier molecular flexibility index (Phi) is 6.01. The van der Waals surface area contributed by atoms with Gasteiger partial charge in [-0.3, -0.25) is 9.59 Å². The van der Waals surface area contributed by atoms with E-state index in [0.29, 0.717) is 39.3 Å². The molecule has 1 atom stereocenters. The fourth-order valence-electron chi connectivity index (χ4n) is 4.33. The number of carbonyl (C=O) groups is 2. The summed E-state index contributed by atoms with van der Waals surface area (Å²) in [5, 5.41) is 0.822. The minimum absolute atomic E-state index is 0.222. The Morgan fingerprint density at radius 1 is 0.771 bits per heavy atom. The van der Waals surface area contributed by atoms with Crippen molar-refractivity contribution in [2.75, 3.05) is 14.2 Å². The Morgan fingerprint density at radius 2 is 1.49 bits per heavy atom. The molecule has 1 heterocycles. The molecule has 1 unspecified atom stereocenters. The minimum atomic E-state index is -0.951. The molecular weight excluding hydrogens is 462 g/mol.